The van der Waals surface area contributed by atoms with E-state index in [4.69, 9.17) is 23.2 Å². The van der Waals surface area contributed by atoms with Crippen LogP contribution >= 0.6 is 23.2 Å². The van der Waals surface area contributed by atoms with Crippen LogP contribution in [0.15, 0.2) is 102 Å². The monoisotopic (exact) mass is 683 g/mol. The first-order chi connectivity index (χ1) is 22.0. The molecule has 7 nitrogen and oxygen atoms in total. The van der Waals surface area contributed by atoms with Crippen molar-refractivity contribution in [2.24, 2.45) is 0 Å². The summed E-state index contributed by atoms with van der Waals surface area (Å²) >= 11 is 12.5. The second kappa shape index (κ2) is 16.1. The number of unbranched alkanes of at least 4 members (excludes halogenated alkanes) is 1. The number of anilines is 1. The van der Waals surface area contributed by atoms with Gasteiger partial charge in [0.2, 0.25) is 11.8 Å². The van der Waals surface area contributed by atoms with Gasteiger partial charge in [-0.3, -0.25) is 13.9 Å². The van der Waals surface area contributed by atoms with Crippen molar-refractivity contribution >= 4 is 50.7 Å². The van der Waals surface area contributed by atoms with Gasteiger partial charge in [0.25, 0.3) is 10.0 Å². The number of halogens is 3. The van der Waals surface area contributed by atoms with Crippen molar-refractivity contribution in [3.05, 3.63) is 130 Å². The lowest BCUT2D eigenvalue weighted by atomic mass is 10.0. The Kier molecular flexibility index (Phi) is 12.2. The molecule has 1 N–H and O–H groups in total. The van der Waals surface area contributed by atoms with Crippen molar-refractivity contribution in [3.63, 3.8) is 0 Å². The van der Waals surface area contributed by atoms with Crippen molar-refractivity contribution < 1.29 is 22.4 Å². The van der Waals surface area contributed by atoms with Crippen molar-refractivity contribution in [1.29, 1.82) is 0 Å². The highest BCUT2D eigenvalue weighted by Crippen LogP contribution is 2.31. The molecule has 0 heterocycles. The minimum atomic E-state index is -4.30. The van der Waals surface area contributed by atoms with E-state index in [1.54, 1.807) is 12.1 Å². The average Bonchev–Trinajstić information content (AvgIpc) is 3.04. The van der Waals surface area contributed by atoms with Gasteiger partial charge in [-0.05, 0) is 66.9 Å². The highest BCUT2D eigenvalue weighted by atomic mass is 35.5. The van der Waals surface area contributed by atoms with Crippen LogP contribution in [0.4, 0.5) is 10.1 Å². The van der Waals surface area contributed by atoms with E-state index in [1.165, 1.54) is 59.5 Å². The van der Waals surface area contributed by atoms with Crippen LogP contribution in [0.2, 0.25) is 10.0 Å². The molecule has 4 rings (SSSR count). The number of nitrogens with one attached hydrogen (secondary N) is 1. The molecule has 0 fully saturated rings. The number of rotatable bonds is 14. The van der Waals surface area contributed by atoms with Crippen LogP contribution in [-0.2, 0) is 32.6 Å². The van der Waals surface area contributed by atoms with Gasteiger partial charge in [0.05, 0.1) is 20.6 Å². The molecule has 0 saturated carbocycles. The number of benzene rings is 4. The maximum atomic E-state index is 14.5. The first-order valence-corrected chi connectivity index (χ1v) is 17.1. The lowest BCUT2D eigenvalue weighted by molar-refractivity contribution is -0.140. The van der Waals surface area contributed by atoms with Crippen LogP contribution in [0.25, 0.3) is 0 Å². The summed E-state index contributed by atoms with van der Waals surface area (Å²) < 4.78 is 43.0. The Morgan fingerprint density at radius 1 is 0.870 bits per heavy atom. The van der Waals surface area contributed by atoms with Crippen LogP contribution in [0.1, 0.15) is 36.5 Å². The summed E-state index contributed by atoms with van der Waals surface area (Å²) in [5, 5.41) is 3.26. The van der Waals surface area contributed by atoms with Gasteiger partial charge in [-0.2, -0.15) is 0 Å². The molecule has 0 aliphatic rings. The normalized spacial score (nSPS) is 11.9. The molecule has 0 aliphatic heterocycles. The van der Waals surface area contributed by atoms with Gasteiger partial charge in [-0.15, -0.1) is 0 Å². The lowest BCUT2D eigenvalue weighted by Gasteiger charge is -2.34. The Morgan fingerprint density at radius 3 is 2.17 bits per heavy atom. The number of carbonyl (C=O) groups is 2. The van der Waals surface area contributed by atoms with E-state index in [0.29, 0.717) is 12.1 Å². The second-order valence-corrected chi connectivity index (χ2v) is 13.6. The summed E-state index contributed by atoms with van der Waals surface area (Å²) in [5.41, 5.74) is 2.36. The smallest absolute Gasteiger partial charge is 0.264 e. The summed E-state index contributed by atoms with van der Waals surface area (Å²) in [5.74, 6) is -1.47. The second-order valence-electron chi connectivity index (χ2n) is 10.9. The third-order valence-corrected chi connectivity index (χ3v) is 9.97. The van der Waals surface area contributed by atoms with Crippen LogP contribution in [-0.4, -0.2) is 44.3 Å². The van der Waals surface area contributed by atoms with Crippen LogP contribution in [0.3, 0.4) is 0 Å². The van der Waals surface area contributed by atoms with Crippen molar-refractivity contribution in [1.82, 2.24) is 10.2 Å². The van der Waals surface area contributed by atoms with E-state index in [1.807, 2.05) is 44.2 Å². The highest BCUT2D eigenvalue weighted by molar-refractivity contribution is 7.92. The molecular formula is C35H36Cl2FN3O4S. The minimum Gasteiger partial charge on any atom is -0.354 e. The number of sulfonamides is 1. The van der Waals surface area contributed by atoms with Crippen molar-refractivity contribution in [2.75, 3.05) is 17.4 Å². The summed E-state index contributed by atoms with van der Waals surface area (Å²) in [4.78, 5) is 29.6. The molecule has 0 radical (unpaired) electrons. The molecule has 4 aromatic carbocycles. The van der Waals surface area contributed by atoms with Gasteiger partial charge < -0.3 is 10.2 Å². The maximum Gasteiger partial charge on any atom is 0.264 e. The summed E-state index contributed by atoms with van der Waals surface area (Å²) in [6.07, 6.45) is 1.77. The maximum absolute atomic E-state index is 14.5. The molecule has 0 saturated heterocycles. The van der Waals surface area contributed by atoms with Gasteiger partial charge in [-0.25, -0.2) is 12.8 Å². The Bertz CT molecular complexity index is 1740. The molecule has 0 aromatic heterocycles. The van der Waals surface area contributed by atoms with Gasteiger partial charge >= 0.3 is 0 Å². The van der Waals surface area contributed by atoms with Crippen LogP contribution in [0.5, 0.6) is 0 Å². The number of carbonyl (C=O) groups excluding carboxylic acids is 2. The predicted molar refractivity (Wildman–Crippen MR) is 181 cm³/mol. The van der Waals surface area contributed by atoms with E-state index in [9.17, 15) is 22.4 Å². The standard InChI is InChI=1S/C35H36Cl2FN3O4S/c1-3-4-20-39-35(43)33(21-26-8-6-5-7-9-26)40(23-27-12-14-28(38)15-13-27)34(42)24-41(29-16-19-31(36)32(37)22-29)46(44,45)30-17-10-25(2)11-18-30/h5-19,22,33H,3-4,20-21,23-24H2,1-2H3,(H,39,43). The zero-order valence-corrected chi connectivity index (χ0v) is 28.0. The quantitative estimate of drug-likeness (QED) is 0.143. The minimum absolute atomic E-state index is 0.0276. The van der Waals surface area contributed by atoms with Crippen LogP contribution < -0.4 is 9.62 Å². The molecule has 46 heavy (non-hydrogen) atoms. The fraction of sp³-hybridized carbons (Fsp3) is 0.257. The highest BCUT2D eigenvalue weighted by Gasteiger charge is 2.34. The van der Waals surface area contributed by atoms with E-state index >= 15 is 0 Å². The molecule has 0 aliphatic carbocycles. The van der Waals surface area contributed by atoms with Gasteiger partial charge in [-0.1, -0.05) is 96.7 Å². The number of hydrogen-bond acceptors (Lipinski definition) is 4. The molecule has 1 unspecified atom stereocenters. The SMILES string of the molecule is CCCCNC(=O)C(Cc1ccccc1)N(Cc1ccc(F)cc1)C(=O)CN(c1ccc(Cl)c(Cl)c1)S(=O)(=O)c1ccc(C)cc1. The zero-order valence-electron chi connectivity index (χ0n) is 25.6. The first kappa shape index (κ1) is 34.9. The van der Waals surface area contributed by atoms with E-state index in [-0.39, 0.29) is 39.5 Å². The van der Waals surface area contributed by atoms with Gasteiger partial charge in [0.1, 0.15) is 18.4 Å². The average molecular weight is 685 g/mol. The van der Waals surface area contributed by atoms with Crippen molar-refractivity contribution in [3.8, 4) is 0 Å². The Morgan fingerprint density at radius 2 is 1.54 bits per heavy atom. The molecule has 242 valence electrons. The number of hydrogen-bond donors (Lipinski definition) is 1. The molecule has 2 amide bonds. The third kappa shape index (κ3) is 9.09. The Labute approximate surface area is 280 Å². The Hall–Kier alpha value is -3.92. The number of nitrogens with zero attached hydrogens (tertiary/aromatic N) is 2. The third-order valence-electron chi connectivity index (χ3n) is 7.45. The number of amides is 2. The Balaban J connectivity index is 1.80. The van der Waals surface area contributed by atoms with Crippen molar-refractivity contribution in [2.45, 2.75) is 50.6 Å². The zero-order chi connectivity index (χ0) is 33.3. The predicted octanol–water partition coefficient (Wildman–Crippen LogP) is 7.19. The van der Waals surface area contributed by atoms with E-state index in [0.717, 1.165) is 28.3 Å². The lowest BCUT2D eigenvalue weighted by Crippen LogP contribution is -2.53. The molecule has 0 bridgehead atoms. The summed E-state index contributed by atoms with van der Waals surface area (Å²) in [6, 6.07) is 24.4. The van der Waals surface area contributed by atoms with E-state index < -0.39 is 34.3 Å². The summed E-state index contributed by atoms with van der Waals surface area (Å²) in [7, 11) is -4.30. The fourth-order valence-corrected chi connectivity index (χ4v) is 6.55. The van der Waals surface area contributed by atoms with E-state index in [2.05, 4.69) is 5.32 Å². The summed E-state index contributed by atoms with van der Waals surface area (Å²) in [6.45, 7) is 3.53. The molecule has 4 aromatic rings. The van der Waals surface area contributed by atoms with Crippen LogP contribution in [0, 0.1) is 12.7 Å². The largest absolute Gasteiger partial charge is 0.354 e. The first-order valence-electron chi connectivity index (χ1n) is 14.9. The molecular weight excluding hydrogens is 648 g/mol. The number of aryl methyl sites for hydroxylation is 1. The molecule has 1 atom stereocenters. The van der Waals surface area contributed by atoms with Gasteiger partial charge in [0, 0.05) is 19.5 Å². The molecule has 0 spiro atoms. The van der Waals surface area contributed by atoms with Gasteiger partial charge in [0.15, 0.2) is 0 Å². The molecule has 11 heteroatoms. The topological polar surface area (TPSA) is 86.8 Å². The fourth-order valence-electron chi connectivity index (χ4n) is 4.85.